The Morgan fingerprint density at radius 3 is 2.70 bits per heavy atom. The van der Waals surface area contributed by atoms with Crippen molar-refractivity contribution in [2.24, 2.45) is 34.0 Å². The molecule has 0 aromatic carbocycles. The molecule has 5 rings (SSSR count). The Labute approximate surface area is 147 Å². The fourth-order valence-corrected chi connectivity index (χ4v) is 8.70. The van der Waals surface area contributed by atoms with Gasteiger partial charge in [0.25, 0.3) is 0 Å². The second-order valence-electron chi connectivity index (χ2n) is 9.53. The SMILES string of the molecule is C[C@]12CCC(=O)C(Br)=C1CC[C@@H]1[C@@H]2CC[C@]2(C)C(O)CC3CC312. The number of hydrogen-bond donors (Lipinski definition) is 1. The molecular weight excluding hydrogens is 352 g/mol. The van der Waals surface area contributed by atoms with Gasteiger partial charge in [-0.1, -0.05) is 13.8 Å². The van der Waals surface area contributed by atoms with Crippen molar-refractivity contribution in [2.45, 2.75) is 71.3 Å². The lowest BCUT2D eigenvalue weighted by molar-refractivity contribution is -0.120. The third-order valence-corrected chi connectivity index (χ3v) is 10.1. The zero-order valence-corrected chi connectivity index (χ0v) is 15.8. The molecule has 0 aromatic heterocycles. The van der Waals surface area contributed by atoms with E-state index in [2.05, 4.69) is 29.8 Å². The first-order chi connectivity index (χ1) is 10.8. The van der Waals surface area contributed by atoms with E-state index in [1.807, 2.05) is 0 Å². The molecule has 126 valence electrons. The fourth-order valence-electron chi connectivity index (χ4n) is 7.85. The molecule has 2 nitrogen and oxygen atoms in total. The molecule has 4 saturated carbocycles. The third kappa shape index (κ3) is 1.54. The quantitative estimate of drug-likeness (QED) is 0.668. The predicted octanol–water partition coefficient (Wildman–Crippen LogP) is 4.60. The lowest BCUT2D eigenvalue weighted by Gasteiger charge is -2.59. The summed E-state index contributed by atoms with van der Waals surface area (Å²) in [5.41, 5.74) is 2.23. The van der Waals surface area contributed by atoms with Crippen LogP contribution in [0.15, 0.2) is 10.1 Å². The molecule has 0 heterocycles. The number of aliphatic hydroxyl groups is 1. The van der Waals surface area contributed by atoms with E-state index in [1.54, 1.807) is 0 Å². The third-order valence-electron chi connectivity index (χ3n) is 9.18. The molecule has 3 unspecified atom stereocenters. The van der Waals surface area contributed by atoms with E-state index in [0.29, 0.717) is 17.6 Å². The van der Waals surface area contributed by atoms with Gasteiger partial charge in [-0.2, -0.15) is 0 Å². The van der Waals surface area contributed by atoms with Gasteiger partial charge in [-0.05, 0) is 100 Å². The van der Waals surface area contributed by atoms with Gasteiger partial charge in [-0.15, -0.1) is 0 Å². The highest BCUT2D eigenvalue weighted by atomic mass is 79.9. The van der Waals surface area contributed by atoms with E-state index in [9.17, 15) is 9.90 Å². The smallest absolute Gasteiger partial charge is 0.169 e. The minimum absolute atomic E-state index is 0.0772. The number of hydrogen-bond acceptors (Lipinski definition) is 2. The van der Waals surface area contributed by atoms with Crippen molar-refractivity contribution in [3.63, 3.8) is 0 Å². The summed E-state index contributed by atoms with van der Waals surface area (Å²) in [6.45, 7) is 4.82. The van der Waals surface area contributed by atoms with Crippen LogP contribution >= 0.6 is 15.9 Å². The normalized spacial score (nSPS) is 57.5. The Bertz CT molecular complexity index is 640. The second kappa shape index (κ2) is 4.33. The summed E-state index contributed by atoms with van der Waals surface area (Å²) in [4.78, 5) is 12.2. The highest BCUT2D eigenvalue weighted by Crippen LogP contribution is 2.82. The summed E-state index contributed by atoms with van der Waals surface area (Å²) in [5.74, 6) is 2.58. The molecule has 5 aliphatic rings. The number of Topliss-reactive ketones (excluding diaryl/α,β-unsaturated/α-hetero) is 1. The van der Waals surface area contributed by atoms with Crippen molar-refractivity contribution in [3.05, 3.63) is 10.1 Å². The van der Waals surface area contributed by atoms with Gasteiger partial charge >= 0.3 is 0 Å². The second-order valence-corrected chi connectivity index (χ2v) is 10.3. The molecule has 0 aromatic rings. The number of carbonyl (C=O) groups excluding carboxylic acids is 1. The molecule has 3 heteroatoms. The summed E-state index contributed by atoms with van der Waals surface area (Å²) >= 11 is 3.64. The van der Waals surface area contributed by atoms with Crippen LogP contribution in [0.2, 0.25) is 0 Å². The molecule has 0 saturated heterocycles. The average molecular weight is 379 g/mol. The van der Waals surface area contributed by atoms with Crippen molar-refractivity contribution in [1.82, 2.24) is 0 Å². The van der Waals surface area contributed by atoms with Crippen molar-refractivity contribution in [2.75, 3.05) is 0 Å². The van der Waals surface area contributed by atoms with E-state index in [1.165, 1.54) is 31.3 Å². The Hall–Kier alpha value is -0.150. The van der Waals surface area contributed by atoms with Gasteiger partial charge in [0.2, 0.25) is 0 Å². The molecule has 4 fully saturated rings. The van der Waals surface area contributed by atoms with Crippen LogP contribution in [0.1, 0.15) is 65.2 Å². The van der Waals surface area contributed by atoms with Gasteiger partial charge < -0.3 is 5.11 Å². The first-order valence-electron chi connectivity index (χ1n) is 9.45. The van der Waals surface area contributed by atoms with Crippen LogP contribution in [-0.4, -0.2) is 17.0 Å². The van der Waals surface area contributed by atoms with Crippen molar-refractivity contribution >= 4 is 21.7 Å². The largest absolute Gasteiger partial charge is 0.393 e. The minimum Gasteiger partial charge on any atom is -0.393 e. The molecule has 1 N–H and O–H groups in total. The van der Waals surface area contributed by atoms with Crippen molar-refractivity contribution in [1.29, 1.82) is 0 Å². The Balaban J connectivity index is 1.59. The van der Waals surface area contributed by atoms with Gasteiger partial charge in [0.1, 0.15) is 0 Å². The number of aliphatic hydroxyl groups excluding tert-OH is 1. The van der Waals surface area contributed by atoms with Gasteiger partial charge in [-0.3, -0.25) is 4.79 Å². The topological polar surface area (TPSA) is 37.3 Å². The number of rotatable bonds is 0. The van der Waals surface area contributed by atoms with Gasteiger partial charge in [0, 0.05) is 6.42 Å². The van der Waals surface area contributed by atoms with E-state index >= 15 is 0 Å². The summed E-state index contributed by atoms with van der Waals surface area (Å²) in [5, 5.41) is 10.7. The molecule has 0 bridgehead atoms. The Kier molecular flexibility index (Phi) is 2.85. The van der Waals surface area contributed by atoms with Crippen LogP contribution in [0.25, 0.3) is 0 Å². The number of halogens is 1. The minimum atomic E-state index is -0.0772. The fraction of sp³-hybridized carbons (Fsp3) is 0.850. The predicted molar refractivity (Wildman–Crippen MR) is 93.0 cm³/mol. The molecular formula is C20H27BrO2. The molecule has 1 spiro atoms. The van der Waals surface area contributed by atoms with Crippen LogP contribution in [0, 0.1) is 34.0 Å². The highest BCUT2D eigenvalue weighted by molar-refractivity contribution is 9.12. The van der Waals surface area contributed by atoms with Gasteiger partial charge in [0.05, 0.1) is 10.6 Å². The standard InChI is InChI=1S/C20H27BrO2/c1-18-7-6-15(22)17(21)14(18)4-3-13-12(18)5-8-19(2)16(23)9-11-10-20(11,13)19/h11-13,16,23H,3-10H2,1-2H3/t11?,12-,13+,16?,18+,19+,20?/m0/s1. The summed E-state index contributed by atoms with van der Waals surface area (Å²) < 4.78 is 0.911. The lowest BCUT2D eigenvalue weighted by atomic mass is 9.45. The summed E-state index contributed by atoms with van der Waals surface area (Å²) in [6.07, 6.45) is 8.81. The first-order valence-corrected chi connectivity index (χ1v) is 10.2. The van der Waals surface area contributed by atoms with Crippen LogP contribution in [0.4, 0.5) is 0 Å². The van der Waals surface area contributed by atoms with Gasteiger partial charge in [-0.25, -0.2) is 0 Å². The Morgan fingerprint density at radius 2 is 1.91 bits per heavy atom. The zero-order chi connectivity index (χ0) is 16.2. The zero-order valence-electron chi connectivity index (χ0n) is 14.2. The van der Waals surface area contributed by atoms with Crippen molar-refractivity contribution in [3.8, 4) is 0 Å². The number of carbonyl (C=O) groups is 1. The maximum absolute atomic E-state index is 12.2. The maximum atomic E-state index is 12.2. The highest BCUT2D eigenvalue weighted by Gasteiger charge is 2.77. The molecule has 0 aliphatic heterocycles. The number of fused-ring (bicyclic) bond motifs is 3. The first kappa shape index (κ1) is 15.1. The van der Waals surface area contributed by atoms with Crippen LogP contribution in [0.3, 0.4) is 0 Å². The molecule has 23 heavy (non-hydrogen) atoms. The Morgan fingerprint density at radius 1 is 1.13 bits per heavy atom. The van der Waals surface area contributed by atoms with Crippen LogP contribution < -0.4 is 0 Å². The van der Waals surface area contributed by atoms with E-state index in [-0.39, 0.29) is 16.9 Å². The number of allylic oxidation sites excluding steroid dienone is 1. The molecule has 5 aliphatic carbocycles. The molecule has 0 amide bonds. The van der Waals surface area contributed by atoms with Gasteiger partial charge in [0.15, 0.2) is 5.78 Å². The van der Waals surface area contributed by atoms with Crippen molar-refractivity contribution < 1.29 is 9.90 Å². The number of ketones is 1. The summed E-state index contributed by atoms with van der Waals surface area (Å²) in [7, 11) is 0. The lowest BCUT2D eigenvalue weighted by Crippen LogP contribution is -2.53. The van der Waals surface area contributed by atoms with E-state index in [0.717, 1.165) is 41.5 Å². The van der Waals surface area contributed by atoms with E-state index < -0.39 is 0 Å². The maximum Gasteiger partial charge on any atom is 0.169 e. The summed E-state index contributed by atoms with van der Waals surface area (Å²) in [6, 6.07) is 0. The monoisotopic (exact) mass is 378 g/mol. The molecule has 7 atom stereocenters. The average Bonchev–Trinajstić information content (AvgIpc) is 3.17. The molecule has 0 radical (unpaired) electrons. The van der Waals surface area contributed by atoms with Crippen LogP contribution in [0.5, 0.6) is 0 Å². The van der Waals surface area contributed by atoms with E-state index in [4.69, 9.17) is 0 Å². The van der Waals surface area contributed by atoms with Crippen LogP contribution in [-0.2, 0) is 4.79 Å².